The van der Waals surface area contributed by atoms with Crippen molar-refractivity contribution in [3.8, 4) is 0 Å². The minimum Gasteiger partial charge on any atom is -0.358 e. The van der Waals surface area contributed by atoms with E-state index in [0.29, 0.717) is 11.0 Å². The molecule has 1 N–H and O–H groups in total. The third kappa shape index (κ3) is 5.15. The molecule has 0 bridgehead atoms. The van der Waals surface area contributed by atoms with Gasteiger partial charge in [0.2, 0.25) is 0 Å². The maximum absolute atomic E-state index is 11.9. The van der Waals surface area contributed by atoms with Gasteiger partial charge < -0.3 is 15.4 Å². The number of hydrogen-bond acceptors (Lipinski definition) is 5. The molecule has 104 valence electrons. The first-order valence-electron chi connectivity index (χ1n) is 5.72. The standard InChI is InChI=1S/C11H14BrN3O3S/c1-2-19-5-3-4-13-11(16)8-6-10(15(17)18)14-7-9(8)12/h6-7H,2-5H2,1H3,(H,13,16). The summed E-state index contributed by atoms with van der Waals surface area (Å²) in [7, 11) is 0. The van der Waals surface area contributed by atoms with Gasteiger partial charge >= 0.3 is 5.82 Å². The van der Waals surface area contributed by atoms with Crippen LogP contribution in [0.4, 0.5) is 5.82 Å². The molecule has 1 aromatic rings. The third-order valence-corrected chi connectivity index (χ3v) is 3.85. The van der Waals surface area contributed by atoms with E-state index in [0.717, 1.165) is 17.9 Å². The van der Waals surface area contributed by atoms with Crippen LogP contribution in [0.2, 0.25) is 0 Å². The predicted octanol–water partition coefficient (Wildman–Crippen LogP) is 2.63. The van der Waals surface area contributed by atoms with Crippen LogP contribution >= 0.6 is 27.7 Å². The summed E-state index contributed by atoms with van der Waals surface area (Å²) in [4.78, 5) is 25.5. The number of rotatable bonds is 7. The molecular weight excluding hydrogens is 334 g/mol. The van der Waals surface area contributed by atoms with Crippen LogP contribution in [-0.2, 0) is 0 Å². The maximum atomic E-state index is 11.9. The summed E-state index contributed by atoms with van der Waals surface area (Å²) in [6.07, 6.45) is 2.13. The second-order valence-electron chi connectivity index (χ2n) is 3.59. The first-order valence-corrected chi connectivity index (χ1v) is 7.67. The van der Waals surface area contributed by atoms with Crippen LogP contribution in [0.15, 0.2) is 16.7 Å². The largest absolute Gasteiger partial charge is 0.364 e. The van der Waals surface area contributed by atoms with E-state index in [1.807, 2.05) is 0 Å². The zero-order valence-corrected chi connectivity index (χ0v) is 12.8. The lowest BCUT2D eigenvalue weighted by Crippen LogP contribution is -2.25. The van der Waals surface area contributed by atoms with Crippen LogP contribution < -0.4 is 5.32 Å². The Morgan fingerprint density at radius 3 is 3.00 bits per heavy atom. The second kappa shape index (κ2) is 8.11. The number of halogens is 1. The second-order valence-corrected chi connectivity index (χ2v) is 5.83. The Morgan fingerprint density at radius 2 is 2.37 bits per heavy atom. The lowest BCUT2D eigenvalue weighted by Gasteiger charge is -2.05. The van der Waals surface area contributed by atoms with Crippen LogP contribution in [-0.4, -0.2) is 33.9 Å². The van der Waals surface area contributed by atoms with Crippen LogP contribution in [0.1, 0.15) is 23.7 Å². The first-order chi connectivity index (χ1) is 9.06. The van der Waals surface area contributed by atoms with Crippen molar-refractivity contribution in [1.29, 1.82) is 0 Å². The summed E-state index contributed by atoms with van der Waals surface area (Å²) in [5.41, 5.74) is 0.227. The van der Waals surface area contributed by atoms with E-state index in [4.69, 9.17) is 0 Å². The molecular formula is C11H14BrN3O3S. The number of hydrogen-bond donors (Lipinski definition) is 1. The van der Waals surface area contributed by atoms with Crippen LogP contribution in [0.3, 0.4) is 0 Å². The molecule has 19 heavy (non-hydrogen) atoms. The average Bonchev–Trinajstić information content (AvgIpc) is 2.38. The summed E-state index contributed by atoms with van der Waals surface area (Å²) in [6.45, 7) is 2.63. The molecule has 1 aromatic heterocycles. The molecule has 0 saturated carbocycles. The van der Waals surface area contributed by atoms with Crippen LogP contribution in [0.25, 0.3) is 0 Å². The van der Waals surface area contributed by atoms with Crippen molar-refractivity contribution in [2.45, 2.75) is 13.3 Å². The van der Waals surface area contributed by atoms with E-state index in [2.05, 4.69) is 33.2 Å². The SMILES string of the molecule is CCSCCCNC(=O)c1cc([N+](=O)[O-])ncc1Br. The Kier molecular flexibility index (Phi) is 6.79. The number of pyridine rings is 1. The van der Waals surface area contributed by atoms with E-state index in [9.17, 15) is 14.9 Å². The number of thioether (sulfide) groups is 1. The van der Waals surface area contributed by atoms with Crippen molar-refractivity contribution in [3.05, 3.63) is 32.4 Å². The van der Waals surface area contributed by atoms with Crippen molar-refractivity contribution < 1.29 is 9.72 Å². The fourth-order valence-corrected chi connectivity index (χ4v) is 2.35. The molecule has 0 unspecified atom stereocenters. The van der Waals surface area contributed by atoms with E-state index in [-0.39, 0.29) is 17.3 Å². The van der Waals surface area contributed by atoms with E-state index in [1.54, 1.807) is 11.8 Å². The van der Waals surface area contributed by atoms with Gasteiger partial charge in [-0.25, -0.2) is 0 Å². The Labute approximate surface area is 123 Å². The average molecular weight is 348 g/mol. The molecule has 6 nitrogen and oxygen atoms in total. The van der Waals surface area contributed by atoms with Gasteiger partial charge in [-0.2, -0.15) is 11.8 Å². The molecule has 1 amide bonds. The molecule has 0 fully saturated rings. The minimum absolute atomic E-state index is 0.227. The summed E-state index contributed by atoms with van der Waals surface area (Å²) in [5, 5.41) is 13.3. The summed E-state index contributed by atoms with van der Waals surface area (Å²) in [5.74, 6) is 1.36. The number of carbonyl (C=O) groups excluding carboxylic acids is 1. The zero-order chi connectivity index (χ0) is 14.3. The Morgan fingerprint density at radius 1 is 1.63 bits per heavy atom. The van der Waals surface area contributed by atoms with Gasteiger partial charge in [-0.05, 0) is 43.8 Å². The van der Waals surface area contributed by atoms with Crippen molar-refractivity contribution in [1.82, 2.24) is 10.3 Å². The van der Waals surface area contributed by atoms with Gasteiger partial charge in [-0.3, -0.25) is 4.79 Å². The topological polar surface area (TPSA) is 85.1 Å². The number of nitro groups is 1. The molecule has 0 radical (unpaired) electrons. The Hall–Kier alpha value is -1.15. The van der Waals surface area contributed by atoms with Gasteiger partial charge in [-0.15, -0.1) is 0 Å². The molecule has 1 heterocycles. The first kappa shape index (κ1) is 15.9. The van der Waals surface area contributed by atoms with Crippen LogP contribution in [0, 0.1) is 10.1 Å². The van der Waals surface area contributed by atoms with E-state index < -0.39 is 4.92 Å². The molecule has 1 rings (SSSR count). The molecule has 0 atom stereocenters. The number of amides is 1. The van der Waals surface area contributed by atoms with Gasteiger partial charge in [0, 0.05) is 12.6 Å². The maximum Gasteiger partial charge on any atom is 0.364 e. The Bertz CT molecular complexity index is 470. The highest BCUT2D eigenvalue weighted by Gasteiger charge is 2.16. The fraction of sp³-hybridized carbons (Fsp3) is 0.455. The van der Waals surface area contributed by atoms with E-state index >= 15 is 0 Å². The van der Waals surface area contributed by atoms with Crippen molar-refractivity contribution in [2.24, 2.45) is 0 Å². The van der Waals surface area contributed by atoms with Gasteiger partial charge in [0.05, 0.1) is 10.0 Å². The lowest BCUT2D eigenvalue weighted by atomic mass is 10.2. The summed E-state index contributed by atoms with van der Waals surface area (Å²) < 4.78 is 0.443. The lowest BCUT2D eigenvalue weighted by molar-refractivity contribution is -0.389. The summed E-state index contributed by atoms with van der Waals surface area (Å²) in [6, 6.07) is 1.17. The highest BCUT2D eigenvalue weighted by molar-refractivity contribution is 9.10. The molecule has 0 aromatic carbocycles. The number of nitrogens with one attached hydrogen (secondary N) is 1. The number of nitrogens with zero attached hydrogens (tertiary/aromatic N) is 2. The zero-order valence-electron chi connectivity index (χ0n) is 10.4. The smallest absolute Gasteiger partial charge is 0.358 e. The fourth-order valence-electron chi connectivity index (χ4n) is 1.32. The highest BCUT2D eigenvalue weighted by Crippen LogP contribution is 2.19. The predicted molar refractivity (Wildman–Crippen MR) is 78.5 cm³/mol. The monoisotopic (exact) mass is 347 g/mol. The quantitative estimate of drug-likeness (QED) is 0.465. The molecule has 0 aliphatic heterocycles. The molecule has 0 aliphatic rings. The van der Waals surface area contributed by atoms with Crippen LogP contribution in [0.5, 0.6) is 0 Å². The van der Waals surface area contributed by atoms with E-state index in [1.165, 1.54) is 12.3 Å². The summed E-state index contributed by atoms with van der Waals surface area (Å²) >= 11 is 4.97. The number of carbonyl (C=O) groups is 1. The highest BCUT2D eigenvalue weighted by atomic mass is 79.9. The van der Waals surface area contributed by atoms with Gasteiger partial charge in [0.25, 0.3) is 5.91 Å². The van der Waals surface area contributed by atoms with Crippen molar-refractivity contribution in [3.63, 3.8) is 0 Å². The normalized spacial score (nSPS) is 10.2. The molecule has 0 aliphatic carbocycles. The molecule has 0 spiro atoms. The van der Waals surface area contributed by atoms with Gasteiger partial charge in [0.15, 0.2) is 6.20 Å². The van der Waals surface area contributed by atoms with Crippen molar-refractivity contribution in [2.75, 3.05) is 18.1 Å². The third-order valence-electron chi connectivity index (χ3n) is 2.23. The van der Waals surface area contributed by atoms with Gasteiger partial charge in [-0.1, -0.05) is 6.92 Å². The Balaban J connectivity index is 2.61. The number of aromatic nitrogens is 1. The molecule has 0 saturated heterocycles. The van der Waals surface area contributed by atoms with Gasteiger partial charge in [0.1, 0.15) is 0 Å². The minimum atomic E-state index is -0.624. The van der Waals surface area contributed by atoms with Crippen molar-refractivity contribution >= 4 is 39.4 Å². The molecule has 8 heteroatoms.